The van der Waals surface area contributed by atoms with E-state index in [1.807, 2.05) is 34.6 Å². The highest BCUT2D eigenvalue weighted by atomic mass is 35.5. The molecule has 0 aromatic carbocycles. The van der Waals surface area contributed by atoms with E-state index in [0.29, 0.717) is 46.2 Å². The Balaban J connectivity index is 2.23. The fraction of sp³-hybridized carbons (Fsp3) is 0.933. The first-order valence-electron chi connectivity index (χ1n) is 7.77. The normalized spacial score (nSPS) is 20.8. The third-order valence-electron chi connectivity index (χ3n) is 3.81. The molecule has 0 bridgehead atoms. The number of hydrogen-bond donors (Lipinski definition) is 0. The van der Waals surface area contributed by atoms with E-state index in [1.165, 1.54) is 0 Å². The highest BCUT2D eigenvalue weighted by Crippen LogP contribution is 2.39. The van der Waals surface area contributed by atoms with Crippen LogP contribution in [-0.2, 0) is 19.0 Å². The molecule has 1 amide bonds. The van der Waals surface area contributed by atoms with Gasteiger partial charge in [0.25, 0.3) is 0 Å². The van der Waals surface area contributed by atoms with Crippen LogP contribution in [0.5, 0.6) is 0 Å². The topological polar surface area (TPSA) is 51.2 Å². The molecule has 0 aliphatic carbocycles. The number of ether oxygens (including phenoxy) is 3. The van der Waals surface area contributed by atoms with Crippen molar-refractivity contribution in [2.45, 2.75) is 45.8 Å². The molecule has 0 saturated carbocycles. The number of rotatable bonds is 10. The van der Waals surface area contributed by atoms with Crippen molar-refractivity contribution in [2.24, 2.45) is 0 Å². The van der Waals surface area contributed by atoms with Crippen LogP contribution in [0.1, 0.15) is 34.6 Å². The fourth-order valence-electron chi connectivity index (χ4n) is 2.57. The van der Waals surface area contributed by atoms with E-state index in [2.05, 4.69) is 0 Å². The number of nitrogens with zero attached hydrogens (tertiary/aromatic N) is 2. The predicted octanol–water partition coefficient (Wildman–Crippen LogP) is 1.87. The van der Waals surface area contributed by atoms with E-state index in [0.717, 1.165) is 0 Å². The standard InChI is InChI=1S/C15H29ClN2O4/c1-6-20-9-10-22-12-11-21-8-7-17-13(19)14(2,3)18(16)15(17,4)5/h6-12H2,1-5H3. The maximum atomic E-state index is 12.4. The molecule has 0 aromatic rings. The van der Waals surface area contributed by atoms with E-state index in [9.17, 15) is 4.79 Å². The fourth-order valence-corrected chi connectivity index (χ4v) is 2.73. The molecule has 1 rings (SSSR count). The van der Waals surface area contributed by atoms with Gasteiger partial charge >= 0.3 is 0 Å². The monoisotopic (exact) mass is 336 g/mol. The minimum atomic E-state index is -0.701. The maximum Gasteiger partial charge on any atom is 0.245 e. The summed E-state index contributed by atoms with van der Waals surface area (Å²) in [5, 5.41) is 0. The van der Waals surface area contributed by atoms with Crippen molar-refractivity contribution >= 4 is 17.7 Å². The first-order chi connectivity index (χ1) is 10.3. The molecule has 130 valence electrons. The summed E-state index contributed by atoms with van der Waals surface area (Å²) in [5.41, 5.74) is -1.23. The van der Waals surface area contributed by atoms with Crippen LogP contribution < -0.4 is 0 Å². The second-order valence-electron chi connectivity index (χ2n) is 6.21. The zero-order chi connectivity index (χ0) is 16.8. The van der Waals surface area contributed by atoms with Gasteiger partial charge in [-0.25, -0.2) is 0 Å². The molecule has 1 aliphatic heterocycles. The average molecular weight is 337 g/mol. The summed E-state index contributed by atoms with van der Waals surface area (Å²) in [4.78, 5) is 14.2. The number of halogens is 1. The first-order valence-corrected chi connectivity index (χ1v) is 8.11. The first kappa shape index (κ1) is 19.6. The third-order valence-corrected chi connectivity index (χ3v) is 4.64. The Morgan fingerprint density at radius 3 is 1.91 bits per heavy atom. The zero-order valence-electron chi connectivity index (χ0n) is 14.4. The SMILES string of the molecule is CCOCCOCCOCCN1C(=O)C(C)(C)N(Cl)C1(C)C. The second kappa shape index (κ2) is 8.45. The molecule has 7 heteroatoms. The molecule has 1 aliphatic rings. The van der Waals surface area contributed by atoms with Gasteiger partial charge in [-0.15, -0.1) is 0 Å². The van der Waals surface area contributed by atoms with E-state index in [-0.39, 0.29) is 5.91 Å². The number of carbonyl (C=O) groups is 1. The summed E-state index contributed by atoms with van der Waals surface area (Å²) < 4.78 is 17.6. The van der Waals surface area contributed by atoms with Crippen molar-refractivity contribution in [3.8, 4) is 0 Å². The molecule has 22 heavy (non-hydrogen) atoms. The molecule has 0 radical (unpaired) electrons. The molecule has 0 spiro atoms. The lowest BCUT2D eigenvalue weighted by Gasteiger charge is -2.35. The smallest absolute Gasteiger partial charge is 0.245 e. The highest BCUT2D eigenvalue weighted by molar-refractivity contribution is 6.17. The van der Waals surface area contributed by atoms with Gasteiger partial charge in [-0.2, -0.15) is 4.42 Å². The largest absolute Gasteiger partial charge is 0.379 e. The van der Waals surface area contributed by atoms with Crippen LogP contribution >= 0.6 is 11.8 Å². The lowest BCUT2D eigenvalue weighted by Crippen LogP contribution is -2.47. The van der Waals surface area contributed by atoms with Crippen molar-refractivity contribution < 1.29 is 19.0 Å². The predicted molar refractivity (Wildman–Crippen MR) is 85.7 cm³/mol. The summed E-state index contributed by atoms with van der Waals surface area (Å²) in [7, 11) is 0. The van der Waals surface area contributed by atoms with Crippen molar-refractivity contribution in [2.75, 3.05) is 46.2 Å². The molecular weight excluding hydrogens is 308 g/mol. The van der Waals surface area contributed by atoms with E-state index < -0.39 is 11.2 Å². The minimum absolute atomic E-state index is 0.0177. The molecule has 6 nitrogen and oxygen atoms in total. The number of hydrogen-bond acceptors (Lipinski definition) is 5. The van der Waals surface area contributed by atoms with Crippen LogP contribution in [0.15, 0.2) is 0 Å². The number of carbonyl (C=O) groups excluding carboxylic acids is 1. The van der Waals surface area contributed by atoms with Crippen molar-refractivity contribution in [3.05, 3.63) is 0 Å². The quantitative estimate of drug-likeness (QED) is 0.450. The van der Waals surface area contributed by atoms with Gasteiger partial charge in [0.05, 0.1) is 33.0 Å². The third kappa shape index (κ3) is 4.55. The van der Waals surface area contributed by atoms with Crippen molar-refractivity contribution in [3.63, 3.8) is 0 Å². The van der Waals surface area contributed by atoms with Gasteiger partial charge in [-0.1, -0.05) is 0 Å². The Morgan fingerprint density at radius 1 is 0.955 bits per heavy atom. The van der Waals surface area contributed by atoms with Gasteiger partial charge in [0, 0.05) is 13.2 Å². The van der Waals surface area contributed by atoms with Gasteiger partial charge in [0.15, 0.2) is 0 Å². The molecule has 1 saturated heterocycles. The Bertz CT molecular complexity index is 363. The molecule has 1 heterocycles. The molecular formula is C15H29ClN2O4. The molecule has 0 N–H and O–H groups in total. The molecule has 0 atom stereocenters. The van der Waals surface area contributed by atoms with Crippen molar-refractivity contribution in [1.29, 1.82) is 0 Å². The van der Waals surface area contributed by atoms with Gasteiger partial charge in [-0.3, -0.25) is 4.79 Å². The van der Waals surface area contributed by atoms with E-state index in [1.54, 1.807) is 9.32 Å². The van der Waals surface area contributed by atoms with Crippen LogP contribution in [0.3, 0.4) is 0 Å². The van der Waals surface area contributed by atoms with Crippen molar-refractivity contribution in [1.82, 2.24) is 9.32 Å². The van der Waals surface area contributed by atoms with Gasteiger partial charge in [0.2, 0.25) is 5.91 Å². The maximum absolute atomic E-state index is 12.4. The minimum Gasteiger partial charge on any atom is -0.379 e. The van der Waals surface area contributed by atoms with E-state index >= 15 is 0 Å². The summed E-state index contributed by atoms with van der Waals surface area (Å²) in [6.07, 6.45) is 0. The summed E-state index contributed by atoms with van der Waals surface area (Å²) >= 11 is 6.31. The van der Waals surface area contributed by atoms with Crippen LogP contribution in [0.25, 0.3) is 0 Å². The zero-order valence-corrected chi connectivity index (χ0v) is 15.1. The van der Waals surface area contributed by atoms with Gasteiger partial charge < -0.3 is 19.1 Å². The Labute approximate surface area is 138 Å². The Hall–Kier alpha value is -0.400. The van der Waals surface area contributed by atoms with Crippen LogP contribution in [0, 0.1) is 0 Å². The summed E-state index contributed by atoms with van der Waals surface area (Å²) in [6.45, 7) is 13.4. The van der Waals surface area contributed by atoms with Crippen LogP contribution in [0.2, 0.25) is 0 Å². The molecule has 1 fully saturated rings. The molecule has 0 unspecified atom stereocenters. The lowest BCUT2D eigenvalue weighted by atomic mass is 10.1. The van der Waals surface area contributed by atoms with Crippen LogP contribution in [0.4, 0.5) is 0 Å². The summed E-state index contributed by atoms with van der Waals surface area (Å²) in [5.74, 6) is 0.0177. The Morgan fingerprint density at radius 2 is 1.45 bits per heavy atom. The van der Waals surface area contributed by atoms with Gasteiger partial charge in [0.1, 0.15) is 11.2 Å². The summed E-state index contributed by atoms with van der Waals surface area (Å²) in [6, 6.07) is 0. The highest BCUT2D eigenvalue weighted by Gasteiger charge is 2.55. The Kier molecular flexibility index (Phi) is 7.55. The van der Waals surface area contributed by atoms with E-state index in [4.69, 9.17) is 26.0 Å². The number of amides is 1. The second-order valence-corrected chi connectivity index (χ2v) is 6.55. The molecule has 0 aromatic heterocycles. The lowest BCUT2D eigenvalue weighted by molar-refractivity contribution is -0.134. The average Bonchev–Trinajstić information content (AvgIpc) is 2.57. The van der Waals surface area contributed by atoms with Gasteiger partial charge in [-0.05, 0) is 46.4 Å². The van der Waals surface area contributed by atoms with Crippen LogP contribution in [-0.4, -0.2) is 72.6 Å².